The van der Waals surface area contributed by atoms with Gasteiger partial charge in [0.05, 0.1) is 5.38 Å². The summed E-state index contributed by atoms with van der Waals surface area (Å²) in [6, 6.07) is 19.4. The summed E-state index contributed by atoms with van der Waals surface area (Å²) in [5.41, 5.74) is 3.99. The van der Waals surface area contributed by atoms with E-state index in [4.69, 9.17) is 11.6 Å². The summed E-state index contributed by atoms with van der Waals surface area (Å²) in [5.74, 6) is 0.696. The maximum atomic E-state index is 6.52. The molecular weight excluding hydrogens is 252 g/mol. The lowest BCUT2D eigenvalue weighted by atomic mass is 9.80. The molecule has 2 aromatic rings. The molecule has 0 amide bonds. The van der Waals surface area contributed by atoms with Gasteiger partial charge in [-0.05, 0) is 41.9 Å². The van der Waals surface area contributed by atoms with Gasteiger partial charge in [-0.15, -0.1) is 11.6 Å². The van der Waals surface area contributed by atoms with Crippen molar-refractivity contribution < 1.29 is 0 Å². The lowest BCUT2D eigenvalue weighted by molar-refractivity contribution is 0.305. The molecule has 1 unspecified atom stereocenters. The molecule has 0 radical (unpaired) electrons. The van der Waals surface area contributed by atoms with Crippen molar-refractivity contribution in [1.29, 1.82) is 0 Å². The van der Waals surface area contributed by atoms with Crippen LogP contribution in [0.25, 0.3) is 0 Å². The predicted octanol–water partition coefficient (Wildman–Crippen LogP) is 5.36. The standard InChI is InChI=1S/C18H19Cl/c19-18(16-7-4-8-16)17-11-9-15(10-12-17)13-14-5-2-1-3-6-14/h1-3,5-6,9-12,16,18H,4,7-8,13H2. The second-order valence-corrected chi connectivity index (χ2v) is 5.97. The van der Waals surface area contributed by atoms with E-state index < -0.39 is 0 Å². The molecule has 1 heteroatoms. The predicted molar refractivity (Wildman–Crippen MR) is 81.6 cm³/mol. The molecule has 1 fully saturated rings. The first-order valence-electron chi connectivity index (χ1n) is 7.10. The van der Waals surface area contributed by atoms with Gasteiger partial charge >= 0.3 is 0 Å². The number of halogens is 1. The minimum atomic E-state index is 0.208. The van der Waals surface area contributed by atoms with E-state index in [-0.39, 0.29) is 5.38 Å². The quantitative estimate of drug-likeness (QED) is 0.656. The summed E-state index contributed by atoms with van der Waals surface area (Å²) >= 11 is 6.52. The van der Waals surface area contributed by atoms with Crippen molar-refractivity contribution >= 4 is 11.6 Å². The fraction of sp³-hybridized carbons (Fsp3) is 0.333. The van der Waals surface area contributed by atoms with E-state index >= 15 is 0 Å². The SMILES string of the molecule is ClC(c1ccc(Cc2ccccc2)cc1)C1CCC1. The minimum Gasteiger partial charge on any atom is -0.118 e. The van der Waals surface area contributed by atoms with E-state index in [0.717, 1.165) is 6.42 Å². The maximum Gasteiger partial charge on any atom is 0.0613 e. The van der Waals surface area contributed by atoms with Crippen LogP contribution in [0.2, 0.25) is 0 Å². The van der Waals surface area contributed by atoms with Crippen molar-refractivity contribution in [1.82, 2.24) is 0 Å². The van der Waals surface area contributed by atoms with Crippen molar-refractivity contribution in [3.05, 3.63) is 71.3 Å². The van der Waals surface area contributed by atoms with Crippen LogP contribution < -0.4 is 0 Å². The summed E-state index contributed by atoms with van der Waals surface area (Å²) in [4.78, 5) is 0. The van der Waals surface area contributed by atoms with Crippen LogP contribution in [0, 0.1) is 5.92 Å². The molecule has 0 heterocycles. The van der Waals surface area contributed by atoms with Crippen LogP contribution >= 0.6 is 11.6 Å². The molecule has 2 aromatic carbocycles. The van der Waals surface area contributed by atoms with Crippen molar-refractivity contribution in [2.45, 2.75) is 31.1 Å². The minimum absolute atomic E-state index is 0.208. The number of alkyl halides is 1. The molecule has 0 aliphatic heterocycles. The zero-order chi connectivity index (χ0) is 13.1. The van der Waals surface area contributed by atoms with Crippen LogP contribution in [0.4, 0.5) is 0 Å². The third-order valence-corrected chi connectivity index (χ3v) is 4.72. The van der Waals surface area contributed by atoms with E-state index in [1.165, 1.54) is 36.0 Å². The van der Waals surface area contributed by atoms with Crippen molar-refractivity contribution in [3.8, 4) is 0 Å². The summed E-state index contributed by atoms with van der Waals surface area (Å²) < 4.78 is 0. The fourth-order valence-corrected chi connectivity index (χ4v) is 3.05. The highest BCUT2D eigenvalue weighted by atomic mass is 35.5. The second kappa shape index (κ2) is 5.79. The van der Waals surface area contributed by atoms with Crippen LogP contribution in [0.1, 0.15) is 41.3 Å². The van der Waals surface area contributed by atoms with E-state index in [0.29, 0.717) is 5.92 Å². The average molecular weight is 271 g/mol. The Morgan fingerprint density at radius 3 is 2.11 bits per heavy atom. The molecule has 1 saturated carbocycles. The van der Waals surface area contributed by atoms with Crippen LogP contribution in [-0.4, -0.2) is 0 Å². The summed E-state index contributed by atoms with van der Waals surface area (Å²) in [6.07, 6.45) is 4.93. The molecule has 0 N–H and O–H groups in total. The molecule has 0 saturated heterocycles. The highest BCUT2D eigenvalue weighted by Gasteiger charge is 2.26. The Morgan fingerprint density at radius 2 is 1.53 bits per heavy atom. The third-order valence-electron chi connectivity index (χ3n) is 4.11. The van der Waals surface area contributed by atoms with Gasteiger partial charge in [-0.3, -0.25) is 0 Å². The first-order chi connectivity index (χ1) is 9.33. The molecule has 0 nitrogen and oxygen atoms in total. The number of hydrogen-bond donors (Lipinski definition) is 0. The monoisotopic (exact) mass is 270 g/mol. The van der Waals surface area contributed by atoms with Gasteiger partial charge in [-0.25, -0.2) is 0 Å². The van der Waals surface area contributed by atoms with Gasteiger partial charge in [-0.1, -0.05) is 61.0 Å². The Hall–Kier alpha value is -1.27. The van der Waals surface area contributed by atoms with Gasteiger partial charge in [0.1, 0.15) is 0 Å². The van der Waals surface area contributed by atoms with Gasteiger partial charge in [0.15, 0.2) is 0 Å². The topological polar surface area (TPSA) is 0 Å². The molecular formula is C18H19Cl. The Kier molecular flexibility index (Phi) is 3.89. The smallest absolute Gasteiger partial charge is 0.0613 e. The molecule has 0 spiro atoms. The number of rotatable bonds is 4. The lowest BCUT2D eigenvalue weighted by Gasteiger charge is -2.30. The normalized spacial score (nSPS) is 16.9. The molecule has 1 aliphatic carbocycles. The van der Waals surface area contributed by atoms with Crippen LogP contribution in [0.15, 0.2) is 54.6 Å². The number of benzene rings is 2. The van der Waals surface area contributed by atoms with E-state index in [1.807, 2.05) is 0 Å². The van der Waals surface area contributed by atoms with Gasteiger partial charge in [0.2, 0.25) is 0 Å². The molecule has 0 bridgehead atoms. The first-order valence-corrected chi connectivity index (χ1v) is 7.53. The fourth-order valence-electron chi connectivity index (χ4n) is 2.66. The molecule has 1 aliphatic rings. The largest absolute Gasteiger partial charge is 0.118 e. The van der Waals surface area contributed by atoms with Gasteiger partial charge in [0, 0.05) is 0 Å². The average Bonchev–Trinajstić information content (AvgIpc) is 2.39. The number of hydrogen-bond acceptors (Lipinski definition) is 0. The third kappa shape index (κ3) is 3.01. The maximum absolute atomic E-state index is 6.52. The highest BCUT2D eigenvalue weighted by Crippen LogP contribution is 2.41. The Labute approximate surface area is 120 Å². The molecule has 3 rings (SSSR count). The van der Waals surface area contributed by atoms with Crippen molar-refractivity contribution in [3.63, 3.8) is 0 Å². The van der Waals surface area contributed by atoms with E-state index in [9.17, 15) is 0 Å². The summed E-state index contributed by atoms with van der Waals surface area (Å²) in [7, 11) is 0. The van der Waals surface area contributed by atoms with Gasteiger partial charge in [-0.2, -0.15) is 0 Å². The molecule has 0 aromatic heterocycles. The highest BCUT2D eigenvalue weighted by molar-refractivity contribution is 6.21. The van der Waals surface area contributed by atoms with E-state index in [2.05, 4.69) is 54.6 Å². The summed E-state index contributed by atoms with van der Waals surface area (Å²) in [6.45, 7) is 0. The lowest BCUT2D eigenvalue weighted by Crippen LogP contribution is -2.16. The van der Waals surface area contributed by atoms with E-state index in [1.54, 1.807) is 0 Å². The first kappa shape index (κ1) is 12.7. The Morgan fingerprint density at radius 1 is 0.895 bits per heavy atom. The molecule has 19 heavy (non-hydrogen) atoms. The second-order valence-electron chi connectivity index (χ2n) is 5.50. The Bertz CT molecular complexity index is 511. The molecule has 98 valence electrons. The zero-order valence-corrected chi connectivity index (χ0v) is 11.8. The van der Waals surface area contributed by atoms with Crippen molar-refractivity contribution in [2.24, 2.45) is 5.92 Å². The zero-order valence-electron chi connectivity index (χ0n) is 11.1. The van der Waals surface area contributed by atoms with Crippen LogP contribution in [0.5, 0.6) is 0 Å². The van der Waals surface area contributed by atoms with Gasteiger partial charge in [0.25, 0.3) is 0 Å². The molecule has 1 atom stereocenters. The van der Waals surface area contributed by atoms with Gasteiger partial charge < -0.3 is 0 Å². The summed E-state index contributed by atoms with van der Waals surface area (Å²) in [5, 5.41) is 0.208. The Balaban J connectivity index is 1.68. The van der Waals surface area contributed by atoms with Crippen LogP contribution in [-0.2, 0) is 6.42 Å². The van der Waals surface area contributed by atoms with Crippen LogP contribution in [0.3, 0.4) is 0 Å². The van der Waals surface area contributed by atoms with Crippen molar-refractivity contribution in [2.75, 3.05) is 0 Å².